The van der Waals surface area contributed by atoms with Crippen LogP contribution in [0.2, 0.25) is 0 Å². The molecule has 0 aliphatic carbocycles. The van der Waals surface area contributed by atoms with Crippen molar-refractivity contribution in [3.63, 3.8) is 0 Å². The summed E-state index contributed by atoms with van der Waals surface area (Å²) in [6, 6.07) is 22.1. The predicted octanol–water partition coefficient (Wildman–Crippen LogP) is 7.38. The lowest BCUT2D eigenvalue weighted by molar-refractivity contribution is -0.142. The van der Waals surface area contributed by atoms with Crippen LogP contribution in [-0.2, 0) is 4.79 Å². The van der Waals surface area contributed by atoms with E-state index in [2.05, 4.69) is 40.2 Å². The van der Waals surface area contributed by atoms with Gasteiger partial charge in [0.15, 0.2) is 0 Å². The number of carbonyl (C=O) groups excluding carboxylic acids is 1. The van der Waals surface area contributed by atoms with Gasteiger partial charge in [-0.15, -0.1) is 0 Å². The summed E-state index contributed by atoms with van der Waals surface area (Å²) in [6.45, 7) is 5.56. The Morgan fingerprint density at radius 2 is 1.43 bits per heavy atom. The Hall–Kier alpha value is -2.85. The largest absolute Gasteiger partial charge is 0.496 e. The van der Waals surface area contributed by atoms with E-state index in [9.17, 15) is 4.79 Å². The van der Waals surface area contributed by atoms with Crippen LogP contribution in [0.15, 0.2) is 71.2 Å². The van der Waals surface area contributed by atoms with E-state index in [1.165, 1.54) is 0 Å². The van der Waals surface area contributed by atoms with Gasteiger partial charge in [-0.3, -0.25) is 4.79 Å². The monoisotopic (exact) mass is 462 g/mol. The molecule has 0 bridgehead atoms. The van der Waals surface area contributed by atoms with Crippen molar-refractivity contribution in [2.45, 2.75) is 20.8 Å². The van der Waals surface area contributed by atoms with Gasteiger partial charge < -0.3 is 9.47 Å². The minimum atomic E-state index is -0.614. The molecule has 0 atom stereocenters. The Labute approximate surface area is 184 Å². The van der Waals surface area contributed by atoms with E-state index in [1.54, 1.807) is 7.11 Å². The fourth-order valence-corrected chi connectivity index (χ4v) is 3.93. The lowest BCUT2D eigenvalue weighted by atomic mass is 9.92. The smallest absolute Gasteiger partial charge is 0.316 e. The van der Waals surface area contributed by atoms with Gasteiger partial charge in [-0.25, -0.2) is 0 Å². The van der Waals surface area contributed by atoms with Crippen molar-refractivity contribution in [1.82, 2.24) is 0 Å². The third-order valence-electron chi connectivity index (χ3n) is 5.12. The molecular weight excluding hydrogens is 440 g/mol. The Kier molecular flexibility index (Phi) is 5.29. The van der Waals surface area contributed by atoms with Gasteiger partial charge in [0.25, 0.3) is 0 Å². The number of ether oxygens (including phenoxy) is 2. The molecule has 152 valence electrons. The predicted molar refractivity (Wildman–Crippen MR) is 126 cm³/mol. The van der Waals surface area contributed by atoms with E-state index >= 15 is 0 Å². The van der Waals surface area contributed by atoms with Gasteiger partial charge in [-0.1, -0.05) is 58.4 Å². The van der Waals surface area contributed by atoms with Crippen molar-refractivity contribution >= 4 is 43.4 Å². The molecule has 30 heavy (non-hydrogen) atoms. The zero-order chi connectivity index (χ0) is 21.5. The van der Waals surface area contributed by atoms with Crippen molar-refractivity contribution in [3.8, 4) is 22.6 Å². The van der Waals surface area contributed by atoms with Crippen LogP contribution in [0.3, 0.4) is 0 Å². The Morgan fingerprint density at radius 3 is 2.17 bits per heavy atom. The van der Waals surface area contributed by atoms with Crippen LogP contribution in [0, 0.1) is 5.41 Å². The summed E-state index contributed by atoms with van der Waals surface area (Å²) in [5, 5.41) is 4.17. The average molecular weight is 463 g/mol. The lowest BCUT2D eigenvalue weighted by Gasteiger charge is -2.21. The van der Waals surface area contributed by atoms with Gasteiger partial charge in [0.2, 0.25) is 0 Å². The second kappa shape index (κ2) is 7.77. The van der Waals surface area contributed by atoms with E-state index in [0.29, 0.717) is 5.75 Å². The molecule has 0 amide bonds. The number of halogens is 1. The first-order chi connectivity index (χ1) is 14.3. The van der Waals surface area contributed by atoms with Gasteiger partial charge in [0.1, 0.15) is 11.5 Å². The van der Waals surface area contributed by atoms with E-state index < -0.39 is 5.41 Å². The number of benzene rings is 4. The number of fused-ring (bicyclic) bond motifs is 2. The molecule has 0 spiro atoms. The first-order valence-electron chi connectivity index (χ1n) is 9.80. The highest BCUT2D eigenvalue weighted by molar-refractivity contribution is 9.10. The SMILES string of the molecule is COc1ccc2cc(Br)ccc2c1-c1c(OC(=O)C(C)(C)C)ccc2ccccc12. The zero-order valence-corrected chi connectivity index (χ0v) is 19.0. The Bertz CT molecular complexity index is 1270. The molecule has 0 aliphatic heterocycles. The summed E-state index contributed by atoms with van der Waals surface area (Å²) in [4.78, 5) is 12.8. The van der Waals surface area contributed by atoms with Crippen molar-refractivity contribution in [1.29, 1.82) is 0 Å². The lowest BCUT2D eigenvalue weighted by Crippen LogP contribution is -2.25. The molecule has 0 saturated carbocycles. The Balaban J connectivity index is 2.09. The molecule has 4 heteroatoms. The fourth-order valence-electron chi connectivity index (χ4n) is 3.56. The van der Waals surface area contributed by atoms with E-state index in [0.717, 1.165) is 42.9 Å². The van der Waals surface area contributed by atoms with E-state index in [1.807, 2.05) is 63.2 Å². The first kappa shape index (κ1) is 20.4. The van der Waals surface area contributed by atoms with Gasteiger partial charge in [0.05, 0.1) is 12.5 Å². The molecule has 0 aliphatic rings. The fraction of sp³-hybridized carbons (Fsp3) is 0.192. The summed E-state index contributed by atoms with van der Waals surface area (Å²) in [5.74, 6) is 0.984. The molecular formula is C26H23BrO3. The molecule has 0 aromatic heterocycles. The number of rotatable bonds is 3. The summed E-state index contributed by atoms with van der Waals surface area (Å²) >= 11 is 3.56. The highest BCUT2D eigenvalue weighted by atomic mass is 79.9. The van der Waals surface area contributed by atoms with Crippen LogP contribution in [-0.4, -0.2) is 13.1 Å². The summed E-state index contributed by atoms with van der Waals surface area (Å²) in [5.41, 5.74) is 1.16. The molecule has 0 unspecified atom stereocenters. The maximum absolute atomic E-state index is 12.8. The molecule has 0 radical (unpaired) electrons. The normalized spacial score (nSPS) is 11.6. The summed E-state index contributed by atoms with van der Waals surface area (Å²) < 4.78 is 12.7. The number of hydrogen-bond acceptors (Lipinski definition) is 3. The van der Waals surface area contributed by atoms with Gasteiger partial charge in [-0.05, 0) is 66.6 Å². The topological polar surface area (TPSA) is 35.5 Å². The van der Waals surface area contributed by atoms with Gasteiger partial charge in [-0.2, -0.15) is 0 Å². The Morgan fingerprint density at radius 1 is 0.800 bits per heavy atom. The van der Waals surface area contributed by atoms with E-state index in [4.69, 9.17) is 9.47 Å². The number of methoxy groups -OCH3 is 1. The van der Waals surface area contributed by atoms with Crippen LogP contribution in [0.4, 0.5) is 0 Å². The molecule has 3 nitrogen and oxygen atoms in total. The zero-order valence-electron chi connectivity index (χ0n) is 17.5. The minimum Gasteiger partial charge on any atom is -0.496 e. The minimum absolute atomic E-state index is 0.277. The maximum Gasteiger partial charge on any atom is 0.316 e. The van der Waals surface area contributed by atoms with Crippen molar-refractivity contribution in [2.75, 3.05) is 7.11 Å². The molecule has 4 aromatic rings. The molecule has 0 heterocycles. The van der Waals surface area contributed by atoms with Crippen LogP contribution < -0.4 is 9.47 Å². The third-order valence-corrected chi connectivity index (χ3v) is 5.61. The highest BCUT2D eigenvalue weighted by Crippen LogP contribution is 2.46. The average Bonchev–Trinajstić information content (AvgIpc) is 2.72. The highest BCUT2D eigenvalue weighted by Gasteiger charge is 2.26. The van der Waals surface area contributed by atoms with Crippen molar-refractivity contribution in [3.05, 3.63) is 71.2 Å². The molecule has 4 rings (SSSR count). The number of hydrogen-bond donors (Lipinski definition) is 0. The van der Waals surface area contributed by atoms with Crippen LogP contribution in [0.5, 0.6) is 11.5 Å². The van der Waals surface area contributed by atoms with Crippen LogP contribution in [0.1, 0.15) is 20.8 Å². The van der Waals surface area contributed by atoms with Crippen molar-refractivity contribution in [2.24, 2.45) is 5.41 Å². The quantitative estimate of drug-likeness (QED) is 0.235. The molecule has 0 N–H and O–H groups in total. The second-order valence-corrected chi connectivity index (χ2v) is 9.22. The summed E-state index contributed by atoms with van der Waals surface area (Å²) in [7, 11) is 1.66. The van der Waals surface area contributed by atoms with E-state index in [-0.39, 0.29) is 5.97 Å². The third kappa shape index (κ3) is 3.68. The molecule has 0 saturated heterocycles. The van der Waals surface area contributed by atoms with Crippen molar-refractivity contribution < 1.29 is 14.3 Å². The number of carbonyl (C=O) groups is 1. The number of esters is 1. The molecule has 4 aromatic carbocycles. The summed E-state index contributed by atoms with van der Waals surface area (Å²) in [6.07, 6.45) is 0. The second-order valence-electron chi connectivity index (χ2n) is 8.31. The van der Waals surface area contributed by atoms with Gasteiger partial charge in [0, 0.05) is 15.6 Å². The van der Waals surface area contributed by atoms with Crippen LogP contribution in [0.25, 0.3) is 32.7 Å². The maximum atomic E-state index is 12.8. The van der Waals surface area contributed by atoms with Gasteiger partial charge >= 0.3 is 5.97 Å². The molecule has 0 fully saturated rings. The standard InChI is InChI=1S/C26H23BrO3/c1-26(2,3)25(28)30-22-14-9-16-7-5-6-8-19(16)24(22)23-20-12-11-18(27)15-17(20)10-13-21(23)29-4/h5-15H,1-4H3. The van der Waals surface area contributed by atoms with Crippen LogP contribution >= 0.6 is 15.9 Å². The first-order valence-corrected chi connectivity index (χ1v) is 10.6.